The van der Waals surface area contributed by atoms with Gasteiger partial charge >= 0.3 is 0 Å². The molecule has 0 spiro atoms. The summed E-state index contributed by atoms with van der Waals surface area (Å²) >= 11 is 0. The number of nitrogens with zero attached hydrogens (tertiary/aromatic N) is 4. The zero-order chi connectivity index (χ0) is 11.1. The van der Waals surface area contributed by atoms with Crippen LogP contribution in [0.25, 0.3) is 10.4 Å². The number of anilines is 1. The van der Waals surface area contributed by atoms with Crippen LogP contribution >= 0.6 is 0 Å². The summed E-state index contributed by atoms with van der Waals surface area (Å²) in [5, 5.41) is 14.3. The Hall–Kier alpha value is -2.51. The molecular weight excluding hydrogens is 194 g/mol. The van der Waals surface area contributed by atoms with E-state index in [9.17, 15) is 4.79 Å². The molecule has 0 aliphatic rings. The quantitative estimate of drug-likeness (QED) is 0.457. The molecule has 0 aromatic heterocycles. The lowest BCUT2D eigenvalue weighted by Crippen LogP contribution is -2.15. The first-order chi connectivity index (χ1) is 7.27. The Labute approximate surface area is 85.8 Å². The number of para-hydroxylation sites is 1. The van der Waals surface area contributed by atoms with Crippen molar-refractivity contribution in [2.75, 3.05) is 11.9 Å². The second-order valence-electron chi connectivity index (χ2n) is 2.59. The maximum atomic E-state index is 11.2. The Bertz CT molecular complexity index is 456. The topological polar surface area (TPSA) is 102 Å². The van der Waals surface area contributed by atoms with Crippen molar-refractivity contribution in [3.8, 4) is 6.07 Å². The number of azide groups is 1. The second kappa shape index (κ2) is 5.27. The summed E-state index contributed by atoms with van der Waals surface area (Å²) in [6.45, 7) is -0.281. The Morgan fingerprint density at radius 3 is 3.00 bits per heavy atom. The standard InChI is InChI=1S/C9H7N5O/c10-5-7-3-1-2-4-8(7)13-9(15)6-12-14-11/h1-4H,6H2,(H,13,15). The van der Waals surface area contributed by atoms with E-state index in [2.05, 4.69) is 15.3 Å². The van der Waals surface area contributed by atoms with Crippen LogP contribution in [-0.2, 0) is 4.79 Å². The lowest BCUT2D eigenvalue weighted by molar-refractivity contribution is -0.114. The lowest BCUT2D eigenvalue weighted by Gasteiger charge is -2.03. The highest BCUT2D eigenvalue weighted by molar-refractivity contribution is 5.93. The summed E-state index contributed by atoms with van der Waals surface area (Å²) in [7, 11) is 0. The van der Waals surface area contributed by atoms with E-state index >= 15 is 0 Å². The van der Waals surface area contributed by atoms with E-state index in [-0.39, 0.29) is 6.54 Å². The molecule has 0 aliphatic carbocycles. The van der Waals surface area contributed by atoms with Gasteiger partial charge in [0.1, 0.15) is 12.6 Å². The monoisotopic (exact) mass is 201 g/mol. The van der Waals surface area contributed by atoms with Gasteiger partial charge in [0.05, 0.1) is 11.3 Å². The van der Waals surface area contributed by atoms with Crippen molar-refractivity contribution in [2.45, 2.75) is 0 Å². The summed E-state index contributed by atoms with van der Waals surface area (Å²) in [5.41, 5.74) is 8.79. The van der Waals surface area contributed by atoms with Gasteiger partial charge in [0.25, 0.3) is 0 Å². The van der Waals surface area contributed by atoms with Gasteiger partial charge < -0.3 is 5.32 Å². The largest absolute Gasteiger partial charge is 0.325 e. The molecule has 6 nitrogen and oxygen atoms in total. The molecule has 0 radical (unpaired) electrons. The number of benzene rings is 1. The molecule has 6 heteroatoms. The van der Waals surface area contributed by atoms with Crippen molar-refractivity contribution in [3.63, 3.8) is 0 Å². The normalized spacial score (nSPS) is 8.47. The van der Waals surface area contributed by atoms with Gasteiger partial charge in [-0.25, -0.2) is 0 Å². The molecule has 1 amide bonds. The van der Waals surface area contributed by atoms with Gasteiger partial charge in [0.15, 0.2) is 0 Å². The average molecular weight is 201 g/mol. The fourth-order valence-electron chi connectivity index (χ4n) is 0.975. The van der Waals surface area contributed by atoms with Crippen LogP contribution in [0.1, 0.15) is 5.56 Å². The average Bonchev–Trinajstić information content (AvgIpc) is 2.27. The third-order valence-corrected chi connectivity index (χ3v) is 1.60. The van der Waals surface area contributed by atoms with Crippen LogP contribution in [-0.4, -0.2) is 12.5 Å². The summed E-state index contributed by atoms with van der Waals surface area (Å²) in [6.07, 6.45) is 0. The first-order valence-corrected chi connectivity index (χ1v) is 4.07. The molecule has 15 heavy (non-hydrogen) atoms. The number of carbonyl (C=O) groups is 1. The van der Waals surface area contributed by atoms with Crippen LogP contribution in [0.2, 0.25) is 0 Å². The minimum atomic E-state index is -0.449. The van der Waals surface area contributed by atoms with Crippen LogP contribution in [0.5, 0.6) is 0 Å². The molecule has 0 saturated heterocycles. The summed E-state index contributed by atoms with van der Waals surface area (Å²) in [5.74, 6) is -0.449. The maximum absolute atomic E-state index is 11.2. The van der Waals surface area contributed by atoms with E-state index < -0.39 is 5.91 Å². The van der Waals surface area contributed by atoms with Crippen LogP contribution in [0, 0.1) is 11.3 Å². The Morgan fingerprint density at radius 2 is 2.33 bits per heavy atom. The van der Waals surface area contributed by atoms with E-state index in [0.717, 1.165) is 0 Å². The Kier molecular flexibility index (Phi) is 3.71. The zero-order valence-corrected chi connectivity index (χ0v) is 7.71. The number of rotatable bonds is 3. The molecular formula is C9H7N5O. The summed E-state index contributed by atoms with van der Waals surface area (Å²) < 4.78 is 0. The summed E-state index contributed by atoms with van der Waals surface area (Å²) in [6, 6.07) is 8.52. The molecule has 1 rings (SSSR count). The number of hydrogen-bond acceptors (Lipinski definition) is 3. The number of carbonyl (C=O) groups excluding carboxylic acids is 1. The fraction of sp³-hybridized carbons (Fsp3) is 0.111. The molecule has 0 aliphatic heterocycles. The number of nitrogens with one attached hydrogen (secondary N) is 1. The SMILES string of the molecule is N#Cc1ccccc1NC(=O)CN=[N+]=[N-]. The van der Waals surface area contributed by atoms with Gasteiger partial charge in [-0.05, 0) is 17.7 Å². The van der Waals surface area contributed by atoms with Gasteiger partial charge in [-0.2, -0.15) is 5.26 Å². The molecule has 0 atom stereocenters. The van der Waals surface area contributed by atoms with Gasteiger partial charge in [-0.3, -0.25) is 4.79 Å². The van der Waals surface area contributed by atoms with E-state index in [0.29, 0.717) is 11.3 Å². The first kappa shape index (κ1) is 10.6. The highest BCUT2D eigenvalue weighted by Crippen LogP contribution is 2.12. The van der Waals surface area contributed by atoms with Crippen molar-refractivity contribution >= 4 is 11.6 Å². The van der Waals surface area contributed by atoms with Gasteiger partial charge in [0.2, 0.25) is 5.91 Å². The molecule has 0 bridgehead atoms. The van der Waals surface area contributed by atoms with Gasteiger partial charge in [0, 0.05) is 4.91 Å². The van der Waals surface area contributed by atoms with Crippen LogP contribution in [0.4, 0.5) is 5.69 Å². The van der Waals surface area contributed by atoms with E-state index in [4.69, 9.17) is 10.8 Å². The Balaban J connectivity index is 2.77. The smallest absolute Gasteiger partial charge is 0.230 e. The molecule has 0 heterocycles. The Morgan fingerprint density at radius 1 is 1.60 bits per heavy atom. The van der Waals surface area contributed by atoms with Crippen LogP contribution in [0.3, 0.4) is 0 Å². The molecule has 1 N–H and O–H groups in total. The molecule has 0 fully saturated rings. The van der Waals surface area contributed by atoms with Crippen LogP contribution in [0.15, 0.2) is 29.4 Å². The van der Waals surface area contributed by atoms with E-state index in [1.54, 1.807) is 24.3 Å². The molecule has 1 aromatic rings. The van der Waals surface area contributed by atoms with Crippen LogP contribution < -0.4 is 5.32 Å². The predicted octanol–water partition coefficient (Wildman–Crippen LogP) is 1.81. The van der Waals surface area contributed by atoms with Gasteiger partial charge in [-0.1, -0.05) is 17.2 Å². The fourth-order valence-corrected chi connectivity index (χ4v) is 0.975. The van der Waals surface area contributed by atoms with Crippen molar-refractivity contribution in [2.24, 2.45) is 5.11 Å². The van der Waals surface area contributed by atoms with Gasteiger partial charge in [-0.15, -0.1) is 0 Å². The molecule has 0 unspecified atom stereocenters. The number of nitriles is 1. The molecule has 74 valence electrons. The summed E-state index contributed by atoms with van der Waals surface area (Å²) in [4.78, 5) is 13.6. The lowest BCUT2D eigenvalue weighted by atomic mass is 10.2. The minimum Gasteiger partial charge on any atom is -0.325 e. The highest BCUT2D eigenvalue weighted by Gasteiger charge is 2.04. The maximum Gasteiger partial charge on any atom is 0.230 e. The molecule has 0 saturated carbocycles. The van der Waals surface area contributed by atoms with Crippen molar-refractivity contribution in [3.05, 3.63) is 40.3 Å². The van der Waals surface area contributed by atoms with Crippen molar-refractivity contribution in [1.29, 1.82) is 5.26 Å². The third kappa shape index (κ3) is 3.03. The first-order valence-electron chi connectivity index (χ1n) is 4.07. The van der Waals surface area contributed by atoms with E-state index in [1.807, 2.05) is 6.07 Å². The van der Waals surface area contributed by atoms with Crippen molar-refractivity contribution in [1.82, 2.24) is 0 Å². The second-order valence-corrected chi connectivity index (χ2v) is 2.59. The predicted molar refractivity (Wildman–Crippen MR) is 53.8 cm³/mol. The number of hydrogen-bond donors (Lipinski definition) is 1. The van der Waals surface area contributed by atoms with E-state index in [1.165, 1.54) is 0 Å². The number of amides is 1. The highest BCUT2D eigenvalue weighted by atomic mass is 16.1. The van der Waals surface area contributed by atoms with Crippen molar-refractivity contribution < 1.29 is 4.79 Å². The zero-order valence-electron chi connectivity index (χ0n) is 7.71. The minimum absolute atomic E-state index is 0.281. The third-order valence-electron chi connectivity index (χ3n) is 1.60. The molecule has 1 aromatic carbocycles.